The summed E-state index contributed by atoms with van der Waals surface area (Å²) >= 11 is 0. The van der Waals surface area contributed by atoms with Crippen LogP contribution in [0.25, 0.3) is 11.1 Å². The van der Waals surface area contributed by atoms with Crippen molar-refractivity contribution in [3.8, 4) is 22.6 Å². The fraction of sp³-hybridized carbons (Fsp3) is 0.233. The van der Waals surface area contributed by atoms with Crippen LogP contribution >= 0.6 is 0 Å². The van der Waals surface area contributed by atoms with Crippen LogP contribution in [0.2, 0.25) is 0 Å². The highest BCUT2D eigenvalue weighted by Crippen LogP contribution is 2.30. The molecule has 0 saturated heterocycles. The average molecular weight is 484 g/mol. The third-order valence-corrected chi connectivity index (χ3v) is 6.62. The van der Waals surface area contributed by atoms with E-state index in [-0.39, 0.29) is 5.82 Å². The molecule has 0 amide bonds. The zero-order valence-corrected chi connectivity index (χ0v) is 20.6. The number of methoxy groups -OCH3 is 2. The van der Waals surface area contributed by atoms with Gasteiger partial charge in [-0.05, 0) is 59.6 Å². The highest BCUT2D eigenvalue weighted by Gasteiger charge is 2.19. The Balaban J connectivity index is 1.30. The van der Waals surface area contributed by atoms with E-state index in [0.717, 1.165) is 42.1 Å². The Kier molecular flexibility index (Phi) is 7.03. The molecule has 0 saturated carbocycles. The minimum atomic E-state index is -0.221. The van der Waals surface area contributed by atoms with Crippen molar-refractivity contribution in [2.45, 2.75) is 19.5 Å². The van der Waals surface area contributed by atoms with Gasteiger partial charge in [0.1, 0.15) is 17.3 Å². The summed E-state index contributed by atoms with van der Waals surface area (Å²) in [5.41, 5.74) is 5.16. The normalized spacial score (nSPS) is 14.9. The second-order valence-electron chi connectivity index (χ2n) is 9.12. The van der Waals surface area contributed by atoms with Crippen molar-refractivity contribution in [3.05, 3.63) is 114 Å². The first kappa shape index (κ1) is 23.7. The van der Waals surface area contributed by atoms with Gasteiger partial charge in [-0.25, -0.2) is 4.39 Å². The van der Waals surface area contributed by atoms with Crippen molar-refractivity contribution < 1.29 is 13.9 Å². The highest BCUT2D eigenvalue weighted by molar-refractivity contribution is 5.68. The van der Waals surface area contributed by atoms with Crippen LogP contribution in [0.4, 0.5) is 4.39 Å². The molecule has 1 aliphatic rings. The summed E-state index contributed by atoms with van der Waals surface area (Å²) in [6.45, 7) is 2.13. The van der Waals surface area contributed by atoms with Crippen LogP contribution in [0.3, 0.4) is 0 Å². The van der Waals surface area contributed by atoms with Crippen LogP contribution < -0.4 is 9.47 Å². The monoisotopic (exact) mass is 483 g/mol. The molecule has 0 bridgehead atoms. The standard InChI is InChI=1S/C30H30FN3O2/c1-35-27-10-7-22(8-11-27)15-23-13-14-33(18-23)19-24-9-12-28(36-2)16-29(24)26-17-32-34(21-26)20-25-5-3-4-6-30(25)31/h3-14,16-17,21,23H,15,18-20H2,1-2H3. The molecule has 1 atom stereocenters. The summed E-state index contributed by atoms with van der Waals surface area (Å²) in [7, 11) is 3.36. The molecule has 3 aromatic carbocycles. The number of hydrogen-bond acceptors (Lipinski definition) is 4. The molecular formula is C30H30FN3O2. The Morgan fingerprint density at radius 2 is 1.69 bits per heavy atom. The summed E-state index contributed by atoms with van der Waals surface area (Å²) in [5.74, 6) is 1.92. The van der Waals surface area contributed by atoms with Crippen LogP contribution in [-0.4, -0.2) is 35.4 Å². The minimum absolute atomic E-state index is 0.221. The van der Waals surface area contributed by atoms with Crippen LogP contribution in [0.15, 0.2) is 91.4 Å². The Morgan fingerprint density at radius 3 is 2.47 bits per heavy atom. The van der Waals surface area contributed by atoms with Gasteiger partial charge in [0, 0.05) is 36.3 Å². The number of ether oxygens (including phenoxy) is 2. The lowest BCUT2D eigenvalue weighted by Crippen LogP contribution is -2.19. The van der Waals surface area contributed by atoms with Crippen molar-refractivity contribution in [1.29, 1.82) is 0 Å². The molecular weight excluding hydrogens is 453 g/mol. The van der Waals surface area contributed by atoms with E-state index >= 15 is 0 Å². The molecule has 36 heavy (non-hydrogen) atoms. The van der Waals surface area contributed by atoms with Crippen molar-refractivity contribution in [1.82, 2.24) is 14.7 Å². The van der Waals surface area contributed by atoms with E-state index in [0.29, 0.717) is 18.0 Å². The van der Waals surface area contributed by atoms with Gasteiger partial charge in [-0.2, -0.15) is 5.10 Å². The maximum atomic E-state index is 14.1. The van der Waals surface area contributed by atoms with Gasteiger partial charge in [-0.15, -0.1) is 0 Å². The number of hydrogen-bond donors (Lipinski definition) is 0. The second kappa shape index (κ2) is 10.7. The molecule has 5 nitrogen and oxygen atoms in total. The summed E-state index contributed by atoms with van der Waals surface area (Å²) in [4.78, 5) is 2.35. The van der Waals surface area contributed by atoms with Crippen LogP contribution in [0, 0.1) is 11.7 Å². The molecule has 1 aliphatic heterocycles. The predicted octanol–water partition coefficient (Wildman–Crippen LogP) is 5.94. The molecule has 0 aliphatic carbocycles. The lowest BCUT2D eigenvalue weighted by Gasteiger charge is -2.20. The summed E-state index contributed by atoms with van der Waals surface area (Å²) in [6.07, 6.45) is 9.29. The molecule has 0 radical (unpaired) electrons. The molecule has 2 heterocycles. The summed E-state index contributed by atoms with van der Waals surface area (Å²) < 4.78 is 26.7. The Hall–Kier alpha value is -4.06. The van der Waals surface area contributed by atoms with Gasteiger partial charge >= 0.3 is 0 Å². The highest BCUT2D eigenvalue weighted by atomic mass is 19.1. The first-order chi connectivity index (χ1) is 17.6. The lowest BCUT2D eigenvalue weighted by atomic mass is 9.99. The van der Waals surface area contributed by atoms with E-state index in [1.807, 2.05) is 36.7 Å². The van der Waals surface area contributed by atoms with Crippen LogP contribution in [-0.2, 0) is 19.5 Å². The molecule has 1 aromatic heterocycles. The molecule has 184 valence electrons. The Labute approximate surface area is 211 Å². The number of rotatable bonds is 9. The number of halogens is 1. The van der Waals surface area contributed by atoms with Gasteiger partial charge in [0.05, 0.1) is 27.0 Å². The zero-order valence-electron chi connectivity index (χ0n) is 20.6. The minimum Gasteiger partial charge on any atom is -0.497 e. The molecule has 0 spiro atoms. The number of nitrogens with zero attached hydrogens (tertiary/aromatic N) is 3. The van der Waals surface area contributed by atoms with Gasteiger partial charge in [0.2, 0.25) is 0 Å². The van der Waals surface area contributed by atoms with Crippen LogP contribution in [0.5, 0.6) is 11.5 Å². The van der Waals surface area contributed by atoms with E-state index in [2.05, 4.69) is 46.5 Å². The van der Waals surface area contributed by atoms with E-state index in [4.69, 9.17) is 9.47 Å². The molecule has 6 heteroatoms. The van der Waals surface area contributed by atoms with E-state index in [9.17, 15) is 4.39 Å². The Morgan fingerprint density at radius 1 is 0.917 bits per heavy atom. The third-order valence-electron chi connectivity index (χ3n) is 6.62. The predicted molar refractivity (Wildman–Crippen MR) is 139 cm³/mol. The molecule has 1 unspecified atom stereocenters. The number of benzene rings is 3. The van der Waals surface area contributed by atoms with E-state index < -0.39 is 0 Å². The summed E-state index contributed by atoms with van der Waals surface area (Å²) in [5, 5.41) is 4.50. The smallest absolute Gasteiger partial charge is 0.128 e. The van der Waals surface area contributed by atoms with Crippen molar-refractivity contribution in [2.24, 2.45) is 5.92 Å². The maximum Gasteiger partial charge on any atom is 0.128 e. The van der Waals surface area contributed by atoms with E-state index in [1.165, 1.54) is 17.2 Å². The topological polar surface area (TPSA) is 39.5 Å². The Bertz CT molecular complexity index is 1350. The average Bonchev–Trinajstić information content (AvgIpc) is 3.55. The molecule has 5 rings (SSSR count). The summed E-state index contributed by atoms with van der Waals surface area (Å²) in [6, 6.07) is 21.3. The number of aromatic nitrogens is 2. The molecule has 0 N–H and O–H groups in total. The third kappa shape index (κ3) is 5.43. The van der Waals surface area contributed by atoms with E-state index in [1.54, 1.807) is 31.0 Å². The van der Waals surface area contributed by atoms with Crippen molar-refractivity contribution >= 4 is 0 Å². The van der Waals surface area contributed by atoms with Crippen molar-refractivity contribution in [3.63, 3.8) is 0 Å². The fourth-order valence-electron chi connectivity index (χ4n) is 4.68. The first-order valence-electron chi connectivity index (χ1n) is 12.1. The van der Waals surface area contributed by atoms with Gasteiger partial charge in [0.25, 0.3) is 0 Å². The second-order valence-corrected chi connectivity index (χ2v) is 9.12. The molecule has 4 aromatic rings. The quantitative estimate of drug-likeness (QED) is 0.295. The SMILES string of the molecule is COc1ccc(CC2C=CN(Cc3ccc(OC)cc3-c3cnn(Cc4ccccc4F)c3)C2)cc1. The van der Waals surface area contributed by atoms with Gasteiger partial charge in [0.15, 0.2) is 0 Å². The van der Waals surface area contributed by atoms with Gasteiger partial charge in [-0.3, -0.25) is 4.68 Å². The van der Waals surface area contributed by atoms with Gasteiger partial charge in [-0.1, -0.05) is 42.5 Å². The largest absolute Gasteiger partial charge is 0.497 e. The van der Waals surface area contributed by atoms with Crippen LogP contribution in [0.1, 0.15) is 16.7 Å². The maximum absolute atomic E-state index is 14.1. The zero-order chi connectivity index (χ0) is 24.9. The lowest BCUT2D eigenvalue weighted by molar-refractivity contribution is 0.361. The molecule has 0 fully saturated rings. The first-order valence-corrected chi connectivity index (χ1v) is 12.1. The fourth-order valence-corrected chi connectivity index (χ4v) is 4.68. The van der Waals surface area contributed by atoms with Crippen molar-refractivity contribution in [2.75, 3.05) is 20.8 Å². The van der Waals surface area contributed by atoms with Gasteiger partial charge < -0.3 is 14.4 Å².